The molecule has 0 aromatic carbocycles. The van der Waals surface area contributed by atoms with Gasteiger partial charge in [0.2, 0.25) is 0 Å². The summed E-state index contributed by atoms with van der Waals surface area (Å²) in [4.78, 5) is 11.0. The summed E-state index contributed by atoms with van der Waals surface area (Å²) in [6.07, 6.45) is 13.1. The van der Waals surface area contributed by atoms with Crippen molar-refractivity contribution in [2.75, 3.05) is 6.61 Å². The van der Waals surface area contributed by atoms with Crippen molar-refractivity contribution in [3.8, 4) is 0 Å². The van der Waals surface area contributed by atoms with Crippen LogP contribution in [0.4, 0.5) is 0 Å². The number of hydrogen-bond donors (Lipinski definition) is 0. The predicted octanol–water partition coefficient (Wildman–Crippen LogP) is 5.67. The van der Waals surface area contributed by atoms with E-state index in [0.29, 0.717) is 6.61 Å². The maximum absolute atomic E-state index is 11.0. The van der Waals surface area contributed by atoms with Gasteiger partial charge in [-0.15, -0.1) is 0 Å². The lowest BCUT2D eigenvalue weighted by Crippen LogP contribution is -2.14. The van der Waals surface area contributed by atoms with E-state index in [9.17, 15) is 4.79 Å². The number of unbranched alkanes of at least 4 members (excludes halogenated alkanes) is 7. The summed E-state index contributed by atoms with van der Waals surface area (Å²) in [5, 5.41) is 0. The van der Waals surface area contributed by atoms with Crippen LogP contribution in [0, 0.1) is 0 Å². The molecule has 0 saturated carbocycles. The van der Waals surface area contributed by atoms with Crippen LogP contribution in [-0.4, -0.2) is 20.0 Å². The molecule has 0 rings (SSSR count). The number of esters is 1. The normalized spacial score (nSPS) is 12.0. The van der Waals surface area contributed by atoms with Crippen LogP contribution in [-0.2, 0) is 9.53 Å². The third-order valence-corrected chi connectivity index (χ3v) is 5.32. The molecule has 0 heterocycles. The molecule has 0 unspecified atom stereocenters. The molecule has 0 atom stereocenters. The zero-order valence-electron chi connectivity index (χ0n) is 13.4. The highest BCUT2D eigenvalue weighted by Crippen LogP contribution is 2.19. The molecule has 4 heteroatoms. The number of rotatable bonds is 12. The molecule has 0 saturated heterocycles. The van der Waals surface area contributed by atoms with E-state index in [0.717, 1.165) is 12.8 Å². The van der Waals surface area contributed by atoms with Gasteiger partial charge in [0.05, 0.1) is 6.61 Å². The van der Waals surface area contributed by atoms with Gasteiger partial charge in [0, 0.05) is 6.08 Å². The smallest absolute Gasteiger partial charge is 0.330 e. The number of carbonyl (C=O) groups is 1. The Bertz CT molecular complexity index is 272. The van der Waals surface area contributed by atoms with Crippen molar-refractivity contribution in [3.05, 3.63) is 12.2 Å². The number of halogens is 1. The van der Waals surface area contributed by atoms with E-state index in [1.807, 2.05) is 6.92 Å². The lowest BCUT2D eigenvalue weighted by molar-refractivity contribution is -0.137. The second-order valence-electron chi connectivity index (χ2n) is 5.96. The third kappa shape index (κ3) is 15.8. The van der Waals surface area contributed by atoms with Gasteiger partial charge in [0.1, 0.15) is 7.38 Å². The molecule has 0 spiro atoms. The van der Waals surface area contributed by atoms with Crippen molar-refractivity contribution in [2.24, 2.45) is 0 Å². The molecule has 0 aromatic heterocycles. The Balaban J connectivity index is 3.16. The quantitative estimate of drug-likeness (QED) is 0.152. The molecular formula is C16H31ClO2Si. The molecular weight excluding hydrogens is 288 g/mol. The number of hydrogen-bond acceptors (Lipinski definition) is 2. The summed E-state index contributed by atoms with van der Waals surface area (Å²) in [6, 6.07) is 1.24. The van der Waals surface area contributed by atoms with E-state index < -0.39 is 7.38 Å². The molecule has 0 fully saturated rings. The molecule has 0 amide bonds. The summed E-state index contributed by atoms with van der Waals surface area (Å²) in [7, 11) is -1.34. The van der Waals surface area contributed by atoms with Crippen LogP contribution in [0.15, 0.2) is 12.2 Å². The molecule has 118 valence electrons. The van der Waals surface area contributed by atoms with Crippen LogP contribution in [0.2, 0.25) is 19.1 Å². The van der Waals surface area contributed by atoms with Crippen LogP contribution < -0.4 is 0 Å². The first kappa shape index (κ1) is 19.7. The van der Waals surface area contributed by atoms with Crippen LogP contribution >= 0.6 is 11.1 Å². The van der Waals surface area contributed by atoms with Crippen LogP contribution in [0.3, 0.4) is 0 Å². The molecule has 0 aliphatic carbocycles. The molecule has 0 N–H and O–H groups in total. The SMILES string of the molecule is CC=CC(=O)OCCCCCCCCCC[Si](C)(C)Cl. The fourth-order valence-corrected chi connectivity index (χ4v) is 3.56. The van der Waals surface area contributed by atoms with Gasteiger partial charge in [-0.25, -0.2) is 4.79 Å². The van der Waals surface area contributed by atoms with E-state index in [1.165, 1.54) is 50.6 Å². The fourth-order valence-electron chi connectivity index (χ4n) is 2.07. The largest absolute Gasteiger partial charge is 0.463 e. The second-order valence-corrected chi connectivity index (χ2v) is 13.0. The van der Waals surface area contributed by atoms with Gasteiger partial charge in [-0.2, -0.15) is 11.1 Å². The Hall–Kier alpha value is -0.283. The summed E-state index contributed by atoms with van der Waals surface area (Å²) >= 11 is 6.29. The minimum Gasteiger partial charge on any atom is -0.463 e. The summed E-state index contributed by atoms with van der Waals surface area (Å²) < 4.78 is 5.04. The van der Waals surface area contributed by atoms with Gasteiger partial charge in [0.25, 0.3) is 0 Å². The van der Waals surface area contributed by atoms with Crippen molar-refractivity contribution in [1.29, 1.82) is 0 Å². The van der Waals surface area contributed by atoms with Gasteiger partial charge in [-0.05, 0) is 19.4 Å². The van der Waals surface area contributed by atoms with Crippen LogP contribution in [0.25, 0.3) is 0 Å². The first-order valence-electron chi connectivity index (χ1n) is 7.94. The van der Waals surface area contributed by atoms with E-state index in [2.05, 4.69) is 13.1 Å². The fraction of sp³-hybridized carbons (Fsp3) is 0.812. The topological polar surface area (TPSA) is 26.3 Å². The first-order chi connectivity index (χ1) is 9.45. The predicted molar refractivity (Wildman–Crippen MR) is 90.9 cm³/mol. The van der Waals surface area contributed by atoms with Gasteiger partial charge in [0.15, 0.2) is 0 Å². The van der Waals surface area contributed by atoms with E-state index in [4.69, 9.17) is 15.8 Å². The van der Waals surface area contributed by atoms with Crippen molar-refractivity contribution in [1.82, 2.24) is 0 Å². The van der Waals surface area contributed by atoms with Gasteiger partial charge >= 0.3 is 5.97 Å². The summed E-state index contributed by atoms with van der Waals surface area (Å²) in [6.45, 7) is 6.81. The van der Waals surface area contributed by atoms with Crippen molar-refractivity contribution < 1.29 is 9.53 Å². The number of ether oxygens (including phenoxy) is 1. The zero-order chi connectivity index (χ0) is 15.3. The van der Waals surface area contributed by atoms with Gasteiger partial charge in [-0.1, -0.05) is 64.1 Å². The first-order valence-corrected chi connectivity index (χ1v) is 12.2. The molecule has 0 aliphatic rings. The number of allylic oxidation sites excluding steroid dienone is 1. The molecule has 0 radical (unpaired) electrons. The second kappa shape index (κ2) is 12.5. The maximum atomic E-state index is 11.0. The monoisotopic (exact) mass is 318 g/mol. The highest BCUT2D eigenvalue weighted by Gasteiger charge is 2.15. The molecule has 2 nitrogen and oxygen atoms in total. The molecule has 0 bridgehead atoms. The highest BCUT2D eigenvalue weighted by molar-refractivity contribution is 7.19. The molecule has 20 heavy (non-hydrogen) atoms. The Morgan fingerprint density at radius 3 is 2.00 bits per heavy atom. The van der Waals surface area contributed by atoms with Crippen molar-refractivity contribution in [2.45, 2.75) is 77.4 Å². The van der Waals surface area contributed by atoms with Crippen LogP contribution in [0.5, 0.6) is 0 Å². The summed E-state index contributed by atoms with van der Waals surface area (Å²) in [5.74, 6) is -0.224. The minimum absolute atomic E-state index is 0.224. The molecule has 0 aliphatic heterocycles. The van der Waals surface area contributed by atoms with Gasteiger partial charge in [-0.3, -0.25) is 0 Å². The molecule has 0 aromatic rings. The van der Waals surface area contributed by atoms with Crippen LogP contribution in [0.1, 0.15) is 58.3 Å². The van der Waals surface area contributed by atoms with Crippen molar-refractivity contribution >= 4 is 24.4 Å². The Morgan fingerprint density at radius 1 is 1.00 bits per heavy atom. The number of carbonyl (C=O) groups excluding carboxylic acids is 1. The Labute approximate surface area is 130 Å². The third-order valence-electron chi connectivity index (χ3n) is 3.21. The lowest BCUT2D eigenvalue weighted by Gasteiger charge is -2.11. The minimum atomic E-state index is -1.34. The lowest BCUT2D eigenvalue weighted by atomic mass is 10.1. The Kier molecular flexibility index (Phi) is 12.3. The van der Waals surface area contributed by atoms with E-state index in [-0.39, 0.29) is 5.97 Å². The average molecular weight is 319 g/mol. The summed E-state index contributed by atoms with van der Waals surface area (Å²) in [5.41, 5.74) is 0. The maximum Gasteiger partial charge on any atom is 0.330 e. The van der Waals surface area contributed by atoms with E-state index >= 15 is 0 Å². The standard InChI is InChI=1S/C16H31ClO2Si/c1-4-13-16(18)19-14-11-9-7-5-6-8-10-12-15-20(2,3)17/h4,13H,5-12,14-15H2,1-3H3. The zero-order valence-corrected chi connectivity index (χ0v) is 15.2. The van der Waals surface area contributed by atoms with E-state index in [1.54, 1.807) is 6.08 Å². The Morgan fingerprint density at radius 2 is 1.50 bits per heavy atom. The van der Waals surface area contributed by atoms with Crippen molar-refractivity contribution in [3.63, 3.8) is 0 Å². The average Bonchev–Trinajstić information content (AvgIpc) is 2.35. The highest BCUT2D eigenvalue weighted by atomic mass is 35.6. The van der Waals surface area contributed by atoms with Gasteiger partial charge < -0.3 is 4.74 Å².